The first-order valence-corrected chi connectivity index (χ1v) is 6.75. The third-order valence-electron chi connectivity index (χ3n) is 4.08. The molecule has 2 rings (SSSR count). The van der Waals surface area contributed by atoms with Crippen LogP contribution in [0.3, 0.4) is 0 Å². The van der Waals surface area contributed by atoms with Crippen LogP contribution in [-0.2, 0) is 4.79 Å². The van der Waals surface area contributed by atoms with E-state index < -0.39 is 0 Å². The van der Waals surface area contributed by atoms with Crippen LogP contribution in [0.1, 0.15) is 46.0 Å². The van der Waals surface area contributed by atoms with Crippen LogP contribution in [0.15, 0.2) is 0 Å². The molecule has 2 fully saturated rings. The Kier molecular flexibility index (Phi) is 3.85. The highest BCUT2D eigenvalue weighted by molar-refractivity contribution is 5.78. The molecular weight excluding hydrogens is 200 g/mol. The van der Waals surface area contributed by atoms with Gasteiger partial charge in [0.2, 0.25) is 5.91 Å². The number of rotatable bonds is 6. The molecule has 16 heavy (non-hydrogen) atoms. The fourth-order valence-electron chi connectivity index (χ4n) is 2.48. The number of nitrogens with one attached hydrogen (secondary N) is 1. The fraction of sp³-hybridized carbons (Fsp3) is 0.923. The molecule has 0 radical (unpaired) electrons. The zero-order valence-corrected chi connectivity index (χ0v) is 10.5. The molecule has 3 nitrogen and oxygen atoms in total. The van der Waals surface area contributed by atoms with Crippen LogP contribution < -0.4 is 5.32 Å². The van der Waals surface area contributed by atoms with E-state index in [-0.39, 0.29) is 5.91 Å². The van der Waals surface area contributed by atoms with Gasteiger partial charge in [0.25, 0.3) is 0 Å². The summed E-state index contributed by atoms with van der Waals surface area (Å²) in [6.07, 6.45) is 6.45. The number of carbonyl (C=O) groups is 1. The molecule has 1 unspecified atom stereocenters. The fourth-order valence-corrected chi connectivity index (χ4v) is 2.48. The lowest BCUT2D eigenvalue weighted by atomic mass is 9.80. The van der Waals surface area contributed by atoms with Gasteiger partial charge in [-0.25, -0.2) is 0 Å². The number of hydrogen-bond acceptors (Lipinski definition) is 2. The molecule has 0 aromatic heterocycles. The van der Waals surface area contributed by atoms with E-state index in [0.717, 1.165) is 12.5 Å². The summed E-state index contributed by atoms with van der Waals surface area (Å²) in [4.78, 5) is 14.0. The van der Waals surface area contributed by atoms with E-state index in [0.29, 0.717) is 18.6 Å². The van der Waals surface area contributed by atoms with Gasteiger partial charge in [-0.15, -0.1) is 0 Å². The van der Waals surface area contributed by atoms with Gasteiger partial charge in [0, 0.05) is 18.6 Å². The van der Waals surface area contributed by atoms with Crippen LogP contribution in [0.25, 0.3) is 0 Å². The Morgan fingerprint density at radius 3 is 2.50 bits per heavy atom. The van der Waals surface area contributed by atoms with Gasteiger partial charge in [-0.05, 0) is 45.4 Å². The number of likely N-dealkylation sites (N-methyl/N-ethyl adjacent to an activating group) is 1. The Labute approximate surface area is 98.6 Å². The largest absolute Gasteiger partial charge is 0.339 e. The van der Waals surface area contributed by atoms with Gasteiger partial charge in [0.05, 0.1) is 6.54 Å². The molecule has 0 aliphatic heterocycles. The van der Waals surface area contributed by atoms with Gasteiger partial charge in [0.1, 0.15) is 0 Å². The maximum Gasteiger partial charge on any atom is 0.236 e. The molecule has 2 aliphatic carbocycles. The summed E-state index contributed by atoms with van der Waals surface area (Å²) >= 11 is 0. The van der Waals surface area contributed by atoms with Crippen molar-refractivity contribution in [1.82, 2.24) is 10.2 Å². The van der Waals surface area contributed by atoms with Crippen LogP contribution in [0.4, 0.5) is 0 Å². The van der Waals surface area contributed by atoms with E-state index >= 15 is 0 Å². The summed E-state index contributed by atoms with van der Waals surface area (Å²) in [6.45, 7) is 5.68. The minimum atomic E-state index is 0.288. The first-order valence-electron chi connectivity index (χ1n) is 6.75. The SMILES string of the molecule is CCN(C(=O)CNC(C)C1CCC1)C1CC1. The number of hydrogen-bond donors (Lipinski definition) is 1. The van der Waals surface area contributed by atoms with Crippen molar-refractivity contribution < 1.29 is 4.79 Å². The van der Waals surface area contributed by atoms with E-state index in [1.54, 1.807) is 0 Å². The maximum absolute atomic E-state index is 12.0. The van der Waals surface area contributed by atoms with Crippen LogP contribution in [-0.4, -0.2) is 36.0 Å². The van der Waals surface area contributed by atoms with Gasteiger partial charge in [-0.2, -0.15) is 0 Å². The molecule has 1 N–H and O–H groups in total. The predicted octanol–water partition coefficient (Wildman–Crippen LogP) is 1.78. The second-order valence-electron chi connectivity index (χ2n) is 5.27. The van der Waals surface area contributed by atoms with Gasteiger partial charge in [-0.3, -0.25) is 4.79 Å². The average molecular weight is 224 g/mol. The van der Waals surface area contributed by atoms with Crippen LogP contribution >= 0.6 is 0 Å². The maximum atomic E-state index is 12.0. The molecule has 0 heterocycles. The predicted molar refractivity (Wildman–Crippen MR) is 65.2 cm³/mol. The quantitative estimate of drug-likeness (QED) is 0.746. The molecular formula is C13H24N2O. The van der Waals surface area contributed by atoms with E-state index in [4.69, 9.17) is 0 Å². The molecule has 92 valence electrons. The molecule has 0 aromatic carbocycles. The summed E-state index contributed by atoms with van der Waals surface area (Å²) in [5.41, 5.74) is 0. The average Bonchev–Trinajstić information content (AvgIpc) is 2.97. The topological polar surface area (TPSA) is 32.3 Å². The van der Waals surface area contributed by atoms with Crippen molar-refractivity contribution in [2.45, 2.75) is 58.0 Å². The minimum absolute atomic E-state index is 0.288. The van der Waals surface area contributed by atoms with Crippen molar-refractivity contribution in [2.75, 3.05) is 13.1 Å². The summed E-state index contributed by atoms with van der Waals surface area (Å²) in [6, 6.07) is 1.06. The van der Waals surface area contributed by atoms with Crippen LogP contribution in [0, 0.1) is 5.92 Å². The highest BCUT2D eigenvalue weighted by Gasteiger charge is 2.31. The van der Waals surface area contributed by atoms with Gasteiger partial charge in [-0.1, -0.05) is 6.42 Å². The molecule has 1 atom stereocenters. The second-order valence-corrected chi connectivity index (χ2v) is 5.27. The van der Waals surface area contributed by atoms with Crippen molar-refractivity contribution in [3.8, 4) is 0 Å². The second kappa shape index (κ2) is 5.17. The van der Waals surface area contributed by atoms with Gasteiger partial charge < -0.3 is 10.2 Å². The lowest BCUT2D eigenvalue weighted by Crippen LogP contribution is -2.45. The highest BCUT2D eigenvalue weighted by Crippen LogP contribution is 2.29. The van der Waals surface area contributed by atoms with E-state index in [1.807, 2.05) is 4.90 Å². The molecule has 0 bridgehead atoms. The normalized spacial score (nSPS) is 22.6. The smallest absolute Gasteiger partial charge is 0.236 e. The standard InChI is InChI=1S/C13H24N2O/c1-3-15(12-7-8-12)13(16)9-14-10(2)11-5-4-6-11/h10-12,14H,3-9H2,1-2H3. The van der Waals surface area contributed by atoms with Crippen molar-refractivity contribution in [2.24, 2.45) is 5.92 Å². The molecule has 2 aliphatic rings. The number of carbonyl (C=O) groups excluding carboxylic acids is 1. The Morgan fingerprint density at radius 1 is 1.38 bits per heavy atom. The third-order valence-corrected chi connectivity index (χ3v) is 4.08. The lowest BCUT2D eigenvalue weighted by Gasteiger charge is -2.32. The molecule has 0 aromatic rings. The summed E-state index contributed by atoms with van der Waals surface area (Å²) in [7, 11) is 0. The number of amides is 1. The Bertz CT molecular complexity index is 246. The Balaban J connectivity index is 1.69. The van der Waals surface area contributed by atoms with E-state index in [2.05, 4.69) is 19.2 Å². The Morgan fingerprint density at radius 2 is 2.06 bits per heavy atom. The van der Waals surface area contributed by atoms with E-state index in [9.17, 15) is 4.79 Å². The van der Waals surface area contributed by atoms with Crippen molar-refractivity contribution in [1.29, 1.82) is 0 Å². The zero-order valence-electron chi connectivity index (χ0n) is 10.5. The van der Waals surface area contributed by atoms with Gasteiger partial charge >= 0.3 is 0 Å². The van der Waals surface area contributed by atoms with E-state index in [1.165, 1.54) is 32.1 Å². The van der Waals surface area contributed by atoms with Crippen LogP contribution in [0.2, 0.25) is 0 Å². The Hall–Kier alpha value is -0.570. The number of nitrogens with zero attached hydrogens (tertiary/aromatic N) is 1. The summed E-state index contributed by atoms with van der Waals surface area (Å²) in [5.74, 6) is 1.10. The highest BCUT2D eigenvalue weighted by atomic mass is 16.2. The monoisotopic (exact) mass is 224 g/mol. The molecule has 0 spiro atoms. The lowest BCUT2D eigenvalue weighted by molar-refractivity contribution is -0.130. The van der Waals surface area contributed by atoms with Crippen molar-refractivity contribution in [3.63, 3.8) is 0 Å². The summed E-state index contributed by atoms with van der Waals surface area (Å²) < 4.78 is 0. The molecule has 3 heteroatoms. The molecule has 2 saturated carbocycles. The zero-order chi connectivity index (χ0) is 11.5. The first kappa shape index (κ1) is 11.9. The third kappa shape index (κ3) is 2.76. The summed E-state index contributed by atoms with van der Waals surface area (Å²) in [5, 5.41) is 3.39. The molecule has 1 amide bonds. The van der Waals surface area contributed by atoms with Crippen molar-refractivity contribution >= 4 is 5.91 Å². The minimum Gasteiger partial charge on any atom is -0.339 e. The van der Waals surface area contributed by atoms with Gasteiger partial charge in [0.15, 0.2) is 0 Å². The first-order chi connectivity index (χ1) is 7.72. The van der Waals surface area contributed by atoms with Crippen LogP contribution in [0.5, 0.6) is 0 Å². The van der Waals surface area contributed by atoms with Crippen molar-refractivity contribution in [3.05, 3.63) is 0 Å². The molecule has 0 saturated heterocycles.